The van der Waals surface area contributed by atoms with E-state index >= 15 is 0 Å². The van der Waals surface area contributed by atoms with Gasteiger partial charge >= 0.3 is 0 Å². The molecule has 0 heterocycles. The van der Waals surface area contributed by atoms with Gasteiger partial charge in [-0.25, -0.2) is 0 Å². The van der Waals surface area contributed by atoms with Crippen molar-refractivity contribution in [3.8, 4) is 11.5 Å². The van der Waals surface area contributed by atoms with Crippen LogP contribution in [0, 0.1) is 6.92 Å². The summed E-state index contributed by atoms with van der Waals surface area (Å²) in [5, 5.41) is 10.00. The van der Waals surface area contributed by atoms with Crippen LogP contribution in [0.15, 0.2) is 6.07 Å². The van der Waals surface area contributed by atoms with E-state index in [4.69, 9.17) is 22.1 Å². The van der Waals surface area contributed by atoms with Gasteiger partial charge in [-0.05, 0) is 43.0 Å². The second-order valence-corrected chi connectivity index (χ2v) is 4.33. The van der Waals surface area contributed by atoms with Gasteiger partial charge in [0.05, 0.1) is 7.11 Å². The lowest BCUT2D eigenvalue weighted by molar-refractivity contribution is 0.398. The lowest BCUT2D eigenvalue weighted by atomic mass is 9.95. The van der Waals surface area contributed by atoms with Crippen molar-refractivity contribution in [2.45, 2.75) is 26.2 Å². The smallest absolute Gasteiger partial charge is 0.144 e. The molecular formula is C12H18ClNO2. The van der Waals surface area contributed by atoms with Crippen molar-refractivity contribution < 1.29 is 9.84 Å². The molecular weight excluding hydrogens is 226 g/mol. The first-order valence-electron chi connectivity index (χ1n) is 5.28. The molecule has 0 bridgehead atoms. The van der Waals surface area contributed by atoms with Gasteiger partial charge in [0, 0.05) is 0 Å². The van der Waals surface area contributed by atoms with E-state index < -0.39 is 0 Å². The number of aryl methyl sites for hydroxylation is 1. The van der Waals surface area contributed by atoms with Crippen LogP contribution in [0.5, 0.6) is 11.5 Å². The average molecular weight is 244 g/mol. The van der Waals surface area contributed by atoms with E-state index in [0.717, 1.165) is 17.5 Å². The fraction of sp³-hybridized carbons (Fsp3) is 0.500. The normalized spacial score (nSPS) is 12.6. The molecule has 0 aromatic heterocycles. The van der Waals surface area contributed by atoms with Gasteiger partial charge in [-0.2, -0.15) is 0 Å². The minimum absolute atomic E-state index is 0.0854. The summed E-state index contributed by atoms with van der Waals surface area (Å²) in [6.45, 7) is 4.50. The third-order valence-electron chi connectivity index (χ3n) is 2.75. The number of ether oxygens (including phenoxy) is 1. The maximum Gasteiger partial charge on any atom is 0.144 e. The third kappa shape index (κ3) is 2.42. The summed E-state index contributed by atoms with van der Waals surface area (Å²) in [7, 11) is 1.55. The van der Waals surface area contributed by atoms with Gasteiger partial charge in [0.25, 0.3) is 0 Å². The Morgan fingerprint density at radius 1 is 1.56 bits per heavy atom. The van der Waals surface area contributed by atoms with Gasteiger partial charge in [-0.3, -0.25) is 0 Å². The van der Waals surface area contributed by atoms with Crippen molar-refractivity contribution in [3.05, 3.63) is 22.2 Å². The van der Waals surface area contributed by atoms with E-state index in [2.05, 4.69) is 6.92 Å². The molecule has 1 atom stereocenters. The quantitative estimate of drug-likeness (QED) is 0.855. The third-order valence-corrected chi connectivity index (χ3v) is 3.10. The van der Waals surface area contributed by atoms with E-state index in [1.165, 1.54) is 0 Å². The van der Waals surface area contributed by atoms with Gasteiger partial charge in [-0.1, -0.05) is 18.5 Å². The number of halogens is 1. The largest absolute Gasteiger partial charge is 0.506 e. The van der Waals surface area contributed by atoms with Crippen LogP contribution in [0.1, 0.15) is 30.4 Å². The SMILES string of the molecule is COc1c(C(C)CCN)cc(C)c(O)c1Cl. The van der Waals surface area contributed by atoms with Gasteiger partial charge in [0.15, 0.2) is 0 Å². The van der Waals surface area contributed by atoms with Crippen LogP contribution >= 0.6 is 11.6 Å². The van der Waals surface area contributed by atoms with Crippen LogP contribution in [0.2, 0.25) is 5.02 Å². The Morgan fingerprint density at radius 3 is 2.69 bits per heavy atom. The molecule has 0 aliphatic carbocycles. The van der Waals surface area contributed by atoms with Gasteiger partial charge < -0.3 is 15.6 Å². The molecule has 0 aliphatic rings. The van der Waals surface area contributed by atoms with E-state index in [1.54, 1.807) is 7.11 Å². The van der Waals surface area contributed by atoms with Crippen molar-refractivity contribution >= 4 is 11.6 Å². The molecule has 1 aromatic carbocycles. The molecule has 3 nitrogen and oxygen atoms in total. The molecule has 16 heavy (non-hydrogen) atoms. The topological polar surface area (TPSA) is 55.5 Å². The molecule has 1 unspecified atom stereocenters. The standard InChI is InChI=1S/C12H18ClNO2/c1-7(4-5-14)9-6-8(2)11(15)10(13)12(9)16-3/h6-7,15H,4-5,14H2,1-3H3. The summed E-state index contributed by atoms with van der Waals surface area (Å²) in [6, 6.07) is 1.90. The molecule has 0 saturated heterocycles. The van der Waals surface area contributed by atoms with Crippen LogP contribution in [-0.2, 0) is 0 Å². The molecule has 1 aromatic rings. The van der Waals surface area contributed by atoms with Gasteiger partial charge in [0.1, 0.15) is 16.5 Å². The first kappa shape index (κ1) is 13.1. The monoisotopic (exact) mass is 243 g/mol. The van der Waals surface area contributed by atoms with Crippen LogP contribution in [0.4, 0.5) is 0 Å². The Bertz CT molecular complexity index is 380. The molecule has 1 rings (SSSR count). The van der Waals surface area contributed by atoms with E-state index in [0.29, 0.717) is 12.3 Å². The molecule has 90 valence electrons. The lowest BCUT2D eigenvalue weighted by Crippen LogP contribution is -2.06. The van der Waals surface area contributed by atoms with Crippen molar-refractivity contribution in [3.63, 3.8) is 0 Å². The zero-order valence-corrected chi connectivity index (χ0v) is 10.6. The maximum atomic E-state index is 9.72. The molecule has 0 aliphatic heterocycles. The maximum absolute atomic E-state index is 9.72. The molecule has 0 radical (unpaired) electrons. The highest BCUT2D eigenvalue weighted by Gasteiger charge is 2.18. The predicted molar refractivity (Wildman–Crippen MR) is 66.5 cm³/mol. The van der Waals surface area contributed by atoms with Gasteiger partial charge in [0.2, 0.25) is 0 Å². The van der Waals surface area contributed by atoms with Gasteiger partial charge in [-0.15, -0.1) is 0 Å². The highest BCUT2D eigenvalue weighted by molar-refractivity contribution is 6.33. The molecule has 4 heteroatoms. The summed E-state index contributed by atoms with van der Waals surface area (Å²) in [6.07, 6.45) is 0.858. The number of hydrogen-bond donors (Lipinski definition) is 2. The first-order chi connectivity index (χ1) is 7.52. The highest BCUT2D eigenvalue weighted by atomic mass is 35.5. The number of nitrogens with two attached hydrogens (primary N) is 1. The minimum atomic E-state index is 0.0854. The number of benzene rings is 1. The van der Waals surface area contributed by atoms with E-state index in [9.17, 15) is 5.11 Å². The fourth-order valence-electron chi connectivity index (χ4n) is 1.75. The Labute approximate surface area is 101 Å². The summed E-state index contributed by atoms with van der Waals surface area (Å²) in [5.74, 6) is 0.893. The highest BCUT2D eigenvalue weighted by Crippen LogP contribution is 2.42. The first-order valence-corrected chi connectivity index (χ1v) is 5.66. The Balaban J connectivity index is 3.27. The Morgan fingerprint density at radius 2 is 2.19 bits per heavy atom. The zero-order chi connectivity index (χ0) is 12.3. The van der Waals surface area contributed by atoms with Crippen molar-refractivity contribution in [2.24, 2.45) is 5.73 Å². The molecule has 0 amide bonds. The number of methoxy groups -OCH3 is 1. The number of phenols is 1. The number of rotatable bonds is 4. The van der Waals surface area contributed by atoms with Crippen LogP contribution in [0.3, 0.4) is 0 Å². The minimum Gasteiger partial charge on any atom is -0.506 e. The summed E-state index contributed by atoms with van der Waals surface area (Å²) in [5.41, 5.74) is 7.29. The van der Waals surface area contributed by atoms with Crippen molar-refractivity contribution in [2.75, 3.05) is 13.7 Å². The second kappa shape index (κ2) is 5.41. The Kier molecular flexibility index (Phi) is 4.44. The zero-order valence-electron chi connectivity index (χ0n) is 9.88. The molecule has 3 N–H and O–H groups in total. The summed E-state index contributed by atoms with van der Waals surface area (Å²) in [4.78, 5) is 0. The van der Waals surface area contributed by atoms with E-state index in [1.807, 2.05) is 13.0 Å². The van der Waals surface area contributed by atoms with Crippen molar-refractivity contribution in [1.29, 1.82) is 0 Å². The van der Waals surface area contributed by atoms with Crippen LogP contribution in [0.25, 0.3) is 0 Å². The van der Waals surface area contributed by atoms with Crippen molar-refractivity contribution in [1.82, 2.24) is 0 Å². The summed E-state index contributed by atoms with van der Waals surface area (Å²) >= 11 is 6.04. The molecule has 0 spiro atoms. The van der Waals surface area contributed by atoms with E-state index in [-0.39, 0.29) is 16.7 Å². The number of aromatic hydroxyl groups is 1. The van der Waals surface area contributed by atoms with Crippen LogP contribution < -0.4 is 10.5 Å². The molecule has 0 saturated carbocycles. The lowest BCUT2D eigenvalue weighted by Gasteiger charge is -2.18. The average Bonchev–Trinajstić information content (AvgIpc) is 2.26. The summed E-state index contributed by atoms with van der Waals surface area (Å²) < 4.78 is 5.25. The predicted octanol–water partition coefficient (Wildman–Crippen LogP) is 2.81. The Hall–Kier alpha value is -0.930. The molecule has 0 fully saturated rings. The number of hydrogen-bond acceptors (Lipinski definition) is 3. The second-order valence-electron chi connectivity index (χ2n) is 3.96. The van der Waals surface area contributed by atoms with Crippen LogP contribution in [-0.4, -0.2) is 18.8 Å². The fourth-order valence-corrected chi connectivity index (χ4v) is 2.09. The number of phenolic OH excluding ortho intramolecular Hbond substituents is 1.